The van der Waals surface area contributed by atoms with E-state index in [-0.39, 0.29) is 18.4 Å². The highest BCUT2D eigenvalue weighted by Gasteiger charge is 2.26. The molecule has 0 spiro atoms. The lowest BCUT2D eigenvalue weighted by molar-refractivity contribution is -0.117. The first-order chi connectivity index (χ1) is 13.6. The summed E-state index contributed by atoms with van der Waals surface area (Å²) >= 11 is 1.83. The van der Waals surface area contributed by atoms with Gasteiger partial charge in [-0.25, -0.2) is 0 Å². The van der Waals surface area contributed by atoms with E-state index in [0.717, 1.165) is 47.9 Å². The Morgan fingerprint density at radius 2 is 1.86 bits per heavy atom. The summed E-state index contributed by atoms with van der Waals surface area (Å²) in [6, 6.07) is 15.8. The van der Waals surface area contributed by atoms with Crippen LogP contribution >= 0.6 is 11.8 Å². The van der Waals surface area contributed by atoms with Crippen LogP contribution in [-0.4, -0.2) is 36.7 Å². The Hall–Kier alpha value is -2.47. The molecule has 0 bridgehead atoms. The van der Waals surface area contributed by atoms with E-state index in [2.05, 4.69) is 18.3 Å². The fourth-order valence-corrected chi connectivity index (χ4v) is 4.89. The first-order valence-electron chi connectivity index (χ1n) is 9.83. The summed E-state index contributed by atoms with van der Waals surface area (Å²) in [6.45, 7) is 3.86. The van der Waals surface area contributed by atoms with Gasteiger partial charge >= 0.3 is 0 Å². The number of para-hydroxylation sites is 3. The van der Waals surface area contributed by atoms with Crippen molar-refractivity contribution in [2.75, 3.05) is 34.8 Å². The fourth-order valence-electron chi connectivity index (χ4n) is 3.77. The van der Waals surface area contributed by atoms with Crippen molar-refractivity contribution in [3.8, 4) is 0 Å². The molecule has 5 nitrogen and oxygen atoms in total. The minimum absolute atomic E-state index is 0.0460. The van der Waals surface area contributed by atoms with E-state index >= 15 is 0 Å². The number of hydrogen-bond acceptors (Lipinski definition) is 4. The molecule has 4 rings (SSSR count). The highest BCUT2D eigenvalue weighted by atomic mass is 32.2. The maximum atomic E-state index is 13.1. The van der Waals surface area contributed by atoms with Gasteiger partial charge in [-0.3, -0.25) is 9.59 Å². The van der Waals surface area contributed by atoms with Gasteiger partial charge in [-0.2, -0.15) is 0 Å². The van der Waals surface area contributed by atoms with Crippen molar-refractivity contribution in [3.05, 3.63) is 48.5 Å². The topological polar surface area (TPSA) is 52.7 Å². The smallest absolute Gasteiger partial charge is 0.246 e. The predicted molar refractivity (Wildman–Crippen MR) is 115 cm³/mol. The fraction of sp³-hybridized carbons (Fsp3) is 0.364. The molecule has 0 aromatic heterocycles. The summed E-state index contributed by atoms with van der Waals surface area (Å²) < 4.78 is 0. The lowest BCUT2D eigenvalue weighted by atomic mass is 10.2. The minimum Gasteiger partial charge on any atom is -0.374 e. The lowest BCUT2D eigenvalue weighted by Gasteiger charge is -2.24. The molecule has 2 heterocycles. The number of amides is 2. The zero-order valence-electron chi connectivity index (χ0n) is 16.1. The molecule has 1 atom stereocenters. The summed E-state index contributed by atoms with van der Waals surface area (Å²) in [7, 11) is 0. The van der Waals surface area contributed by atoms with Gasteiger partial charge < -0.3 is 15.1 Å². The van der Waals surface area contributed by atoms with E-state index in [1.807, 2.05) is 64.0 Å². The number of hydrogen-bond donors (Lipinski definition) is 1. The minimum atomic E-state index is 0.0460. The predicted octanol–water partition coefficient (Wildman–Crippen LogP) is 4.14. The monoisotopic (exact) mass is 395 g/mol. The number of nitrogens with one attached hydrogen (secondary N) is 1. The first kappa shape index (κ1) is 18.9. The van der Waals surface area contributed by atoms with Gasteiger partial charge in [0, 0.05) is 29.7 Å². The van der Waals surface area contributed by atoms with E-state index in [1.165, 1.54) is 0 Å². The van der Waals surface area contributed by atoms with Gasteiger partial charge in [0.05, 0.1) is 23.6 Å². The molecular weight excluding hydrogens is 370 g/mol. The standard InChI is InChI=1S/C22H25N3O2S/c1-16-12-14-25(19-9-4-5-10-20(19)28-16)22(27)15-23-17-7-2-3-8-18(17)24-13-6-11-21(24)26/h2-5,7-10,16,23H,6,11-15H2,1H3/t16-/m0/s1. The van der Waals surface area contributed by atoms with Crippen molar-refractivity contribution < 1.29 is 9.59 Å². The Kier molecular flexibility index (Phi) is 5.57. The van der Waals surface area contributed by atoms with Crippen LogP contribution in [0.5, 0.6) is 0 Å². The molecule has 0 saturated carbocycles. The molecule has 2 aromatic rings. The maximum Gasteiger partial charge on any atom is 0.246 e. The van der Waals surface area contributed by atoms with Gasteiger partial charge in [-0.05, 0) is 37.1 Å². The zero-order chi connectivity index (χ0) is 19.5. The Bertz CT molecular complexity index is 886. The highest BCUT2D eigenvalue weighted by Crippen LogP contribution is 2.37. The summed E-state index contributed by atoms with van der Waals surface area (Å²) in [5.41, 5.74) is 2.68. The van der Waals surface area contributed by atoms with E-state index < -0.39 is 0 Å². The number of carbonyl (C=O) groups excluding carboxylic acids is 2. The number of benzene rings is 2. The van der Waals surface area contributed by atoms with Crippen molar-refractivity contribution in [1.82, 2.24) is 0 Å². The number of thioether (sulfide) groups is 1. The molecule has 2 aromatic carbocycles. The van der Waals surface area contributed by atoms with E-state index in [9.17, 15) is 9.59 Å². The zero-order valence-corrected chi connectivity index (χ0v) is 16.9. The molecule has 1 N–H and O–H groups in total. The second-order valence-electron chi connectivity index (χ2n) is 7.25. The summed E-state index contributed by atoms with van der Waals surface area (Å²) in [5.74, 6) is 0.192. The van der Waals surface area contributed by atoms with Crippen LogP contribution < -0.4 is 15.1 Å². The SMILES string of the molecule is C[C@H]1CCN(C(=O)CNc2ccccc2N2CCCC2=O)c2ccccc2S1. The Morgan fingerprint density at radius 3 is 2.64 bits per heavy atom. The van der Waals surface area contributed by atoms with Gasteiger partial charge in [-0.1, -0.05) is 31.2 Å². The van der Waals surface area contributed by atoms with Crippen LogP contribution in [0, 0.1) is 0 Å². The normalized spacial score (nSPS) is 19.3. The van der Waals surface area contributed by atoms with Crippen LogP contribution in [0.15, 0.2) is 53.4 Å². The van der Waals surface area contributed by atoms with E-state index in [1.54, 1.807) is 0 Å². The lowest BCUT2D eigenvalue weighted by Crippen LogP contribution is -2.37. The number of fused-ring (bicyclic) bond motifs is 1. The molecule has 0 radical (unpaired) electrons. The Morgan fingerprint density at radius 1 is 1.11 bits per heavy atom. The van der Waals surface area contributed by atoms with Crippen molar-refractivity contribution in [2.24, 2.45) is 0 Å². The molecule has 2 amide bonds. The molecule has 0 unspecified atom stereocenters. The van der Waals surface area contributed by atoms with Crippen LogP contribution in [-0.2, 0) is 9.59 Å². The number of carbonyl (C=O) groups is 2. The molecule has 1 fully saturated rings. The molecule has 6 heteroatoms. The van der Waals surface area contributed by atoms with Gasteiger partial charge in [-0.15, -0.1) is 11.8 Å². The molecule has 28 heavy (non-hydrogen) atoms. The third kappa shape index (κ3) is 3.87. The Balaban J connectivity index is 1.50. The third-order valence-electron chi connectivity index (χ3n) is 5.24. The average Bonchev–Trinajstić information content (AvgIpc) is 3.05. The number of nitrogens with zero attached hydrogens (tertiary/aromatic N) is 2. The van der Waals surface area contributed by atoms with E-state index in [0.29, 0.717) is 11.7 Å². The average molecular weight is 396 g/mol. The largest absolute Gasteiger partial charge is 0.374 e. The molecule has 2 aliphatic heterocycles. The van der Waals surface area contributed by atoms with Crippen molar-refractivity contribution in [2.45, 2.75) is 36.3 Å². The van der Waals surface area contributed by atoms with Gasteiger partial charge in [0.1, 0.15) is 0 Å². The number of anilines is 3. The van der Waals surface area contributed by atoms with Crippen molar-refractivity contribution in [3.63, 3.8) is 0 Å². The first-order valence-corrected chi connectivity index (χ1v) is 10.7. The molecule has 0 aliphatic carbocycles. The summed E-state index contributed by atoms with van der Waals surface area (Å²) in [4.78, 5) is 30.1. The van der Waals surface area contributed by atoms with Crippen LogP contribution in [0.1, 0.15) is 26.2 Å². The molecular formula is C22H25N3O2S. The quantitative estimate of drug-likeness (QED) is 0.845. The summed E-state index contributed by atoms with van der Waals surface area (Å²) in [6.07, 6.45) is 2.43. The Labute approximate surface area is 170 Å². The summed E-state index contributed by atoms with van der Waals surface area (Å²) in [5, 5.41) is 3.76. The van der Waals surface area contributed by atoms with Gasteiger partial charge in [0.15, 0.2) is 0 Å². The van der Waals surface area contributed by atoms with Crippen LogP contribution in [0.2, 0.25) is 0 Å². The molecule has 2 aliphatic rings. The second-order valence-corrected chi connectivity index (χ2v) is 8.73. The third-order valence-corrected chi connectivity index (χ3v) is 6.48. The van der Waals surface area contributed by atoms with Gasteiger partial charge in [0.2, 0.25) is 11.8 Å². The number of rotatable bonds is 4. The van der Waals surface area contributed by atoms with E-state index in [4.69, 9.17) is 0 Å². The maximum absolute atomic E-state index is 13.1. The molecule has 146 valence electrons. The van der Waals surface area contributed by atoms with Crippen molar-refractivity contribution >= 4 is 40.6 Å². The molecule has 1 saturated heterocycles. The highest BCUT2D eigenvalue weighted by molar-refractivity contribution is 8.00. The van der Waals surface area contributed by atoms with Crippen molar-refractivity contribution in [1.29, 1.82) is 0 Å². The van der Waals surface area contributed by atoms with Crippen LogP contribution in [0.3, 0.4) is 0 Å². The van der Waals surface area contributed by atoms with Gasteiger partial charge in [0.25, 0.3) is 0 Å². The second kappa shape index (κ2) is 8.27. The van der Waals surface area contributed by atoms with Crippen LogP contribution in [0.25, 0.3) is 0 Å². The van der Waals surface area contributed by atoms with Crippen LogP contribution in [0.4, 0.5) is 17.1 Å².